The molecule has 5 heteroatoms. The molecule has 0 aliphatic rings. The van der Waals surface area contributed by atoms with Crippen LogP contribution in [0.2, 0.25) is 0 Å². The van der Waals surface area contributed by atoms with Gasteiger partial charge in [-0.3, -0.25) is 4.57 Å². The Morgan fingerprint density at radius 3 is 3.13 bits per heavy atom. The molecule has 2 rings (SSSR count). The number of hydrogen-bond donors (Lipinski definition) is 1. The Hall–Kier alpha value is -1.62. The summed E-state index contributed by atoms with van der Waals surface area (Å²) in [4.78, 5) is 16.6. The molecule has 1 atom stereocenters. The van der Waals surface area contributed by atoms with Gasteiger partial charge in [-0.25, -0.2) is 9.78 Å². The Labute approximate surface area is 91.6 Å². The van der Waals surface area contributed by atoms with E-state index in [1.165, 1.54) is 10.9 Å². The van der Waals surface area contributed by atoms with Crippen LogP contribution in [0, 0.1) is 0 Å². The fourth-order valence-corrected chi connectivity index (χ4v) is 1.98. The molecule has 4 nitrogen and oxygen atoms in total. The molecule has 2 aromatic rings. The topological polar surface area (TPSA) is 46.9 Å². The van der Waals surface area contributed by atoms with Gasteiger partial charge in [0.05, 0.1) is 6.04 Å². The van der Waals surface area contributed by atoms with Crippen LogP contribution < -0.4 is 5.32 Å². The Morgan fingerprint density at radius 1 is 1.67 bits per heavy atom. The Morgan fingerprint density at radius 2 is 2.53 bits per heavy atom. The van der Waals surface area contributed by atoms with Crippen molar-refractivity contribution in [2.75, 3.05) is 0 Å². The van der Waals surface area contributed by atoms with Crippen molar-refractivity contribution in [1.82, 2.24) is 14.9 Å². The number of nitrogens with zero attached hydrogens (tertiary/aromatic N) is 2. The fourth-order valence-electron chi connectivity index (χ4n) is 1.25. The van der Waals surface area contributed by atoms with Gasteiger partial charge in [-0.1, -0.05) is 6.07 Å². The van der Waals surface area contributed by atoms with Gasteiger partial charge < -0.3 is 5.32 Å². The lowest BCUT2D eigenvalue weighted by atomic mass is 10.3. The van der Waals surface area contributed by atoms with Crippen LogP contribution >= 0.6 is 11.3 Å². The Balaban J connectivity index is 2.01. The minimum Gasteiger partial charge on any atom is -0.330 e. The SMILES string of the molecule is CC(NC(=O)n1ccnc1)c1cccs1. The summed E-state index contributed by atoms with van der Waals surface area (Å²) in [5.41, 5.74) is 0. The molecule has 2 heterocycles. The third-order valence-corrected chi connectivity index (χ3v) is 3.10. The number of carbonyl (C=O) groups excluding carboxylic acids is 1. The van der Waals surface area contributed by atoms with Crippen molar-refractivity contribution in [3.05, 3.63) is 41.1 Å². The van der Waals surface area contributed by atoms with Crippen molar-refractivity contribution in [3.8, 4) is 0 Å². The normalized spacial score (nSPS) is 12.3. The van der Waals surface area contributed by atoms with E-state index in [1.807, 2.05) is 24.4 Å². The minimum absolute atomic E-state index is 0.0277. The van der Waals surface area contributed by atoms with Crippen LogP contribution in [0.5, 0.6) is 0 Å². The number of aromatic nitrogens is 2. The molecule has 0 aromatic carbocycles. The van der Waals surface area contributed by atoms with Crippen molar-refractivity contribution in [3.63, 3.8) is 0 Å². The first-order valence-corrected chi connectivity index (χ1v) is 5.47. The maximum absolute atomic E-state index is 11.6. The number of thiophene rings is 1. The highest BCUT2D eigenvalue weighted by atomic mass is 32.1. The van der Waals surface area contributed by atoms with Crippen molar-refractivity contribution in [2.24, 2.45) is 0 Å². The lowest BCUT2D eigenvalue weighted by Crippen LogP contribution is -2.29. The molecule has 2 aromatic heterocycles. The van der Waals surface area contributed by atoms with Gasteiger partial charge in [-0.05, 0) is 18.4 Å². The van der Waals surface area contributed by atoms with E-state index in [9.17, 15) is 4.79 Å². The number of amides is 1. The number of hydrogen-bond acceptors (Lipinski definition) is 3. The summed E-state index contributed by atoms with van der Waals surface area (Å²) in [5, 5.41) is 4.87. The quantitative estimate of drug-likeness (QED) is 0.845. The molecule has 0 spiro atoms. The van der Waals surface area contributed by atoms with Crippen molar-refractivity contribution in [2.45, 2.75) is 13.0 Å². The third kappa shape index (κ3) is 2.24. The maximum Gasteiger partial charge on any atom is 0.327 e. The molecule has 0 saturated carbocycles. The fraction of sp³-hybridized carbons (Fsp3) is 0.200. The summed E-state index contributed by atoms with van der Waals surface area (Å²) in [7, 11) is 0. The van der Waals surface area contributed by atoms with Gasteiger partial charge in [0.25, 0.3) is 0 Å². The lowest BCUT2D eigenvalue weighted by Gasteiger charge is -2.11. The second kappa shape index (κ2) is 4.27. The molecule has 0 saturated heterocycles. The van der Waals surface area contributed by atoms with E-state index in [4.69, 9.17) is 0 Å². The highest BCUT2D eigenvalue weighted by Crippen LogP contribution is 2.17. The zero-order chi connectivity index (χ0) is 10.7. The van der Waals surface area contributed by atoms with E-state index >= 15 is 0 Å². The highest BCUT2D eigenvalue weighted by Gasteiger charge is 2.10. The van der Waals surface area contributed by atoms with Crippen molar-refractivity contribution >= 4 is 17.4 Å². The summed E-state index contributed by atoms with van der Waals surface area (Å²) < 4.78 is 1.42. The first-order valence-electron chi connectivity index (χ1n) is 4.59. The van der Waals surface area contributed by atoms with Gasteiger partial charge in [0.1, 0.15) is 6.33 Å². The standard InChI is InChI=1S/C10H11N3OS/c1-8(9-3-2-6-15-9)12-10(14)13-5-4-11-7-13/h2-8H,1H3,(H,12,14). The molecule has 0 aliphatic carbocycles. The number of nitrogens with one attached hydrogen (secondary N) is 1. The number of imidazole rings is 1. The number of rotatable bonds is 2. The largest absolute Gasteiger partial charge is 0.330 e. The third-order valence-electron chi connectivity index (χ3n) is 2.05. The average Bonchev–Trinajstić information content (AvgIpc) is 2.91. The van der Waals surface area contributed by atoms with Crippen LogP contribution in [-0.2, 0) is 0 Å². The summed E-state index contributed by atoms with van der Waals surface area (Å²) in [6, 6.07) is 3.84. The van der Waals surface area contributed by atoms with Crippen LogP contribution in [0.3, 0.4) is 0 Å². The summed E-state index contributed by atoms with van der Waals surface area (Å²) >= 11 is 1.63. The minimum atomic E-state index is -0.159. The molecule has 1 unspecified atom stereocenters. The monoisotopic (exact) mass is 221 g/mol. The van der Waals surface area contributed by atoms with Gasteiger partial charge in [-0.2, -0.15) is 0 Å². The lowest BCUT2D eigenvalue weighted by molar-refractivity contribution is 0.239. The predicted octanol–water partition coefficient (Wildman–Crippen LogP) is 2.26. The summed E-state index contributed by atoms with van der Waals surface area (Å²) in [6.45, 7) is 1.96. The van der Waals surface area contributed by atoms with Crippen LogP contribution in [0.1, 0.15) is 17.8 Å². The molecular weight excluding hydrogens is 210 g/mol. The second-order valence-corrected chi connectivity index (χ2v) is 4.14. The average molecular weight is 221 g/mol. The van der Waals surface area contributed by atoms with Gasteiger partial charge in [0.15, 0.2) is 0 Å². The van der Waals surface area contributed by atoms with E-state index in [0.29, 0.717) is 0 Å². The molecule has 0 aliphatic heterocycles. The van der Waals surface area contributed by atoms with Crippen molar-refractivity contribution in [1.29, 1.82) is 0 Å². The second-order valence-electron chi connectivity index (χ2n) is 3.16. The van der Waals surface area contributed by atoms with Crippen LogP contribution in [0.25, 0.3) is 0 Å². The predicted molar refractivity (Wildman–Crippen MR) is 58.9 cm³/mol. The first-order chi connectivity index (χ1) is 7.27. The molecule has 0 bridgehead atoms. The van der Waals surface area contributed by atoms with Gasteiger partial charge in [-0.15, -0.1) is 11.3 Å². The van der Waals surface area contributed by atoms with Gasteiger partial charge >= 0.3 is 6.03 Å². The Kier molecular flexibility index (Phi) is 2.82. The van der Waals surface area contributed by atoms with E-state index in [0.717, 1.165) is 4.88 Å². The first kappa shape index (κ1) is 9.92. The van der Waals surface area contributed by atoms with E-state index in [2.05, 4.69) is 10.3 Å². The van der Waals surface area contributed by atoms with E-state index < -0.39 is 0 Å². The van der Waals surface area contributed by atoms with E-state index in [-0.39, 0.29) is 12.1 Å². The summed E-state index contributed by atoms with van der Waals surface area (Å²) in [6.07, 6.45) is 4.68. The zero-order valence-corrected chi connectivity index (χ0v) is 9.07. The molecule has 15 heavy (non-hydrogen) atoms. The molecule has 0 fully saturated rings. The number of carbonyl (C=O) groups is 1. The Bertz CT molecular complexity index is 421. The molecule has 0 radical (unpaired) electrons. The zero-order valence-electron chi connectivity index (χ0n) is 8.25. The van der Waals surface area contributed by atoms with Crippen LogP contribution in [0.15, 0.2) is 36.2 Å². The van der Waals surface area contributed by atoms with Gasteiger partial charge in [0, 0.05) is 17.3 Å². The highest BCUT2D eigenvalue weighted by molar-refractivity contribution is 7.10. The van der Waals surface area contributed by atoms with Crippen LogP contribution in [-0.4, -0.2) is 15.6 Å². The van der Waals surface area contributed by atoms with Gasteiger partial charge in [0.2, 0.25) is 0 Å². The molecular formula is C10H11N3OS. The summed E-state index contributed by atoms with van der Waals surface area (Å²) in [5.74, 6) is 0. The maximum atomic E-state index is 11.6. The molecule has 78 valence electrons. The van der Waals surface area contributed by atoms with Crippen molar-refractivity contribution < 1.29 is 4.79 Å². The van der Waals surface area contributed by atoms with E-state index in [1.54, 1.807) is 23.7 Å². The molecule has 1 amide bonds. The smallest absolute Gasteiger partial charge is 0.327 e. The molecule has 1 N–H and O–H groups in total. The van der Waals surface area contributed by atoms with Crippen LogP contribution in [0.4, 0.5) is 4.79 Å².